The van der Waals surface area contributed by atoms with Crippen molar-refractivity contribution in [1.82, 2.24) is 0 Å². The molecule has 2 aliphatic carbocycles. The van der Waals surface area contributed by atoms with E-state index in [9.17, 15) is 15.0 Å². The van der Waals surface area contributed by atoms with Crippen LogP contribution in [0.1, 0.15) is 57.8 Å². The van der Waals surface area contributed by atoms with Crippen LogP contribution in [-0.2, 0) is 4.79 Å². The van der Waals surface area contributed by atoms with Crippen molar-refractivity contribution in [2.75, 3.05) is 0 Å². The molecule has 142 valence electrons. The van der Waals surface area contributed by atoms with Crippen LogP contribution in [0.4, 0.5) is 0 Å². The summed E-state index contributed by atoms with van der Waals surface area (Å²) in [4.78, 5) is 15.8. The molecule has 0 amide bonds. The minimum Gasteiger partial charge on any atom is -0.392 e. The maximum atomic E-state index is 11.0. The van der Waals surface area contributed by atoms with Gasteiger partial charge in [0, 0.05) is 30.4 Å². The zero-order valence-electron chi connectivity index (χ0n) is 15.2. The number of nitrogens with zero attached hydrogens (tertiary/aromatic N) is 1. The summed E-state index contributed by atoms with van der Waals surface area (Å²) in [5, 5.41) is 20.8. The van der Waals surface area contributed by atoms with Gasteiger partial charge in [-0.1, -0.05) is 30.9 Å². The largest absolute Gasteiger partial charge is 0.392 e. The van der Waals surface area contributed by atoms with Crippen LogP contribution < -0.4 is 0 Å². The highest BCUT2D eigenvalue weighted by Gasteiger charge is 2.54. The number of hydrogen-bond acceptors (Lipinski definition) is 4. The van der Waals surface area contributed by atoms with Crippen LogP contribution in [0.2, 0.25) is 0 Å². The zero-order chi connectivity index (χ0) is 18.7. The van der Waals surface area contributed by atoms with Gasteiger partial charge in [0.05, 0.1) is 12.2 Å². The second-order valence-corrected chi connectivity index (χ2v) is 8.57. The zero-order valence-corrected chi connectivity index (χ0v) is 16.1. The Hall–Kier alpha value is -1.09. The topological polar surface area (TPSA) is 69.9 Å². The molecule has 0 saturated heterocycles. The lowest BCUT2D eigenvalue weighted by Crippen LogP contribution is -2.27. The lowest BCUT2D eigenvalue weighted by Gasteiger charge is -2.22. The van der Waals surface area contributed by atoms with Gasteiger partial charge in [0.1, 0.15) is 5.54 Å². The molecule has 1 heterocycles. The summed E-state index contributed by atoms with van der Waals surface area (Å²) in [5.41, 5.74) is 0.414. The Morgan fingerprint density at radius 2 is 2.19 bits per heavy atom. The van der Waals surface area contributed by atoms with E-state index in [0.717, 1.165) is 37.8 Å². The van der Waals surface area contributed by atoms with Gasteiger partial charge < -0.3 is 10.2 Å². The molecule has 0 radical (unpaired) electrons. The Balaban J connectivity index is 1.66. The first-order valence-corrected chi connectivity index (χ1v) is 10.2. The molecule has 0 aromatic heterocycles. The highest BCUT2D eigenvalue weighted by Crippen LogP contribution is 2.50. The number of fused-ring (bicyclic) bond motifs is 1. The van der Waals surface area contributed by atoms with Crippen LogP contribution in [-0.4, -0.2) is 38.8 Å². The molecular weight excluding hydrogens is 346 g/mol. The molecule has 5 heteroatoms. The third kappa shape index (κ3) is 4.08. The molecule has 0 spiro atoms. The van der Waals surface area contributed by atoms with Gasteiger partial charge in [-0.3, -0.25) is 9.79 Å². The van der Waals surface area contributed by atoms with E-state index in [1.165, 1.54) is 12.8 Å². The smallest absolute Gasteiger partial charge is 0.185 e. The fourth-order valence-corrected chi connectivity index (χ4v) is 5.13. The molecule has 4 nitrogen and oxygen atoms in total. The predicted molar refractivity (Wildman–Crippen MR) is 106 cm³/mol. The molecule has 0 aromatic rings. The quantitative estimate of drug-likeness (QED) is 0.364. The average molecular weight is 376 g/mol. The highest BCUT2D eigenvalue weighted by atomic mass is 32.1. The minimum atomic E-state index is -0.632. The van der Waals surface area contributed by atoms with Gasteiger partial charge in [0.2, 0.25) is 0 Å². The third-order valence-corrected chi connectivity index (χ3v) is 6.60. The van der Waals surface area contributed by atoms with Gasteiger partial charge in [-0.15, -0.1) is 19.1 Å². The summed E-state index contributed by atoms with van der Waals surface area (Å²) in [7, 11) is 0. The molecule has 2 fully saturated rings. The molecule has 5 unspecified atom stereocenters. The molecule has 3 aliphatic rings. The summed E-state index contributed by atoms with van der Waals surface area (Å²) >= 11 is 3.81. The van der Waals surface area contributed by atoms with Crippen LogP contribution in [0.5, 0.6) is 0 Å². The SMILES string of the molecule is C#CC12CC(O)C(C=CC(O)C3CCCC3)C1CC(CCCC(=O)S)=N2. The summed E-state index contributed by atoms with van der Waals surface area (Å²) in [6, 6.07) is 0. The minimum absolute atomic E-state index is 0.0742. The van der Waals surface area contributed by atoms with E-state index in [2.05, 4.69) is 18.5 Å². The summed E-state index contributed by atoms with van der Waals surface area (Å²) in [6.07, 6.45) is 16.4. The Morgan fingerprint density at radius 3 is 2.85 bits per heavy atom. The summed E-state index contributed by atoms with van der Waals surface area (Å²) in [5.74, 6) is 3.20. The number of aliphatic hydroxyl groups is 2. The van der Waals surface area contributed by atoms with Gasteiger partial charge in [0.15, 0.2) is 5.12 Å². The Labute approximate surface area is 161 Å². The van der Waals surface area contributed by atoms with Crippen molar-refractivity contribution < 1.29 is 15.0 Å². The Kier molecular flexibility index (Phi) is 6.27. The van der Waals surface area contributed by atoms with Crippen molar-refractivity contribution in [2.24, 2.45) is 22.7 Å². The number of carbonyl (C=O) groups is 1. The number of thiol groups is 1. The van der Waals surface area contributed by atoms with Crippen molar-refractivity contribution in [3.8, 4) is 12.3 Å². The number of rotatable bonds is 7. The first kappa shape index (κ1) is 19.7. The van der Waals surface area contributed by atoms with Gasteiger partial charge in [-0.05, 0) is 38.0 Å². The standard InChI is InChI=1S/C21H29NO3S/c1-2-21-13-19(24)16(10-11-18(23)14-6-3-4-7-14)17(21)12-15(22-21)8-5-9-20(25)26/h1,10-11,14,16-19,23-24H,3-9,12-13H2,(H,25,26). The fraction of sp³-hybridized carbons (Fsp3) is 0.714. The third-order valence-electron chi connectivity index (χ3n) is 6.38. The van der Waals surface area contributed by atoms with Gasteiger partial charge in [-0.2, -0.15) is 0 Å². The maximum Gasteiger partial charge on any atom is 0.185 e. The van der Waals surface area contributed by atoms with Crippen LogP contribution in [0, 0.1) is 30.1 Å². The van der Waals surface area contributed by atoms with Crippen molar-refractivity contribution in [1.29, 1.82) is 0 Å². The van der Waals surface area contributed by atoms with Crippen molar-refractivity contribution in [2.45, 2.75) is 75.5 Å². The predicted octanol–water partition coefficient (Wildman–Crippen LogP) is 2.93. The molecule has 5 atom stereocenters. The lowest BCUT2D eigenvalue weighted by molar-refractivity contribution is -0.110. The molecule has 26 heavy (non-hydrogen) atoms. The van der Waals surface area contributed by atoms with E-state index in [0.29, 0.717) is 18.8 Å². The second-order valence-electron chi connectivity index (χ2n) is 8.07. The molecule has 0 aromatic carbocycles. The number of terminal acetylenes is 1. The number of aliphatic imine (C=N–C) groups is 1. The van der Waals surface area contributed by atoms with Crippen LogP contribution >= 0.6 is 12.6 Å². The maximum absolute atomic E-state index is 11.0. The second kappa shape index (κ2) is 8.29. The highest BCUT2D eigenvalue weighted by molar-refractivity contribution is 7.96. The van der Waals surface area contributed by atoms with E-state index >= 15 is 0 Å². The van der Waals surface area contributed by atoms with Gasteiger partial charge in [0.25, 0.3) is 0 Å². The van der Waals surface area contributed by atoms with Crippen LogP contribution in [0.15, 0.2) is 17.1 Å². The first-order chi connectivity index (χ1) is 12.4. The molecule has 0 bridgehead atoms. The van der Waals surface area contributed by atoms with Crippen molar-refractivity contribution >= 4 is 23.5 Å². The molecule has 3 rings (SSSR count). The average Bonchev–Trinajstić information content (AvgIpc) is 3.28. The van der Waals surface area contributed by atoms with Gasteiger partial charge in [-0.25, -0.2) is 0 Å². The fourth-order valence-electron chi connectivity index (χ4n) is 4.97. The lowest BCUT2D eigenvalue weighted by atomic mass is 9.82. The number of hydrogen-bond donors (Lipinski definition) is 3. The monoisotopic (exact) mass is 375 g/mol. The van der Waals surface area contributed by atoms with Crippen molar-refractivity contribution in [3.63, 3.8) is 0 Å². The normalized spacial score (nSPS) is 35.5. The summed E-state index contributed by atoms with van der Waals surface area (Å²) in [6.45, 7) is 0. The first-order valence-electron chi connectivity index (χ1n) is 9.77. The van der Waals surface area contributed by atoms with E-state index < -0.39 is 17.7 Å². The Bertz CT molecular complexity index is 632. The molecule has 1 aliphatic heterocycles. The van der Waals surface area contributed by atoms with Crippen molar-refractivity contribution in [3.05, 3.63) is 12.2 Å². The Morgan fingerprint density at radius 1 is 1.46 bits per heavy atom. The van der Waals surface area contributed by atoms with Crippen LogP contribution in [0.3, 0.4) is 0 Å². The van der Waals surface area contributed by atoms with Gasteiger partial charge >= 0.3 is 0 Å². The van der Waals surface area contributed by atoms with Crippen LogP contribution in [0.25, 0.3) is 0 Å². The number of carbonyl (C=O) groups excluding carboxylic acids is 1. The molecular formula is C21H29NO3S. The van der Waals surface area contributed by atoms with E-state index in [-0.39, 0.29) is 17.0 Å². The summed E-state index contributed by atoms with van der Waals surface area (Å²) < 4.78 is 0. The van der Waals surface area contributed by atoms with E-state index in [4.69, 9.17) is 11.4 Å². The number of aliphatic hydroxyl groups excluding tert-OH is 2. The molecule has 2 saturated carbocycles. The molecule has 2 N–H and O–H groups in total. The van der Waals surface area contributed by atoms with E-state index in [1.54, 1.807) is 0 Å². The van der Waals surface area contributed by atoms with E-state index in [1.807, 2.05) is 12.2 Å².